The average Bonchev–Trinajstić information content (AvgIpc) is 2.27. The molecule has 2 nitrogen and oxygen atoms in total. The third kappa shape index (κ3) is 2.90. The van der Waals surface area contributed by atoms with Crippen LogP contribution >= 0.6 is 27.5 Å². The van der Waals surface area contributed by atoms with Crippen molar-refractivity contribution in [1.29, 1.82) is 0 Å². The van der Waals surface area contributed by atoms with Crippen molar-refractivity contribution in [2.75, 3.05) is 5.73 Å². The van der Waals surface area contributed by atoms with Gasteiger partial charge in [0.05, 0.1) is 10.7 Å². The fourth-order valence-corrected chi connectivity index (χ4v) is 1.99. The second-order valence-electron chi connectivity index (χ2n) is 3.36. The average molecular weight is 317 g/mol. The van der Waals surface area contributed by atoms with Gasteiger partial charge in [0.15, 0.2) is 5.75 Å². The van der Waals surface area contributed by atoms with Crippen LogP contribution in [0.4, 0.5) is 10.1 Å². The van der Waals surface area contributed by atoms with E-state index in [2.05, 4.69) is 15.9 Å². The maximum Gasteiger partial charge on any atom is 0.153 e. The van der Waals surface area contributed by atoms with Gasteiger partial charge in [-0.05, 0) is 30.3 Å². The van der Waals surface area contributed by atoms with E-state index in [0.29, 0.717) is 16.5 Å². The van der Waals surface area contributed by atoms with Crippen molar-refractivity contribution in [3.8, 4) is 11.5 Å². The van der Waals surface area contributed by atoms with Gasteiger partial charge < -0.3 is 10.5 Å². The molecule has 2 aromatic carbocycles. The van der Waals surface area contributed by atoms with Crippen LogP contribution in [-0.4, -0.2) is 0 Å². The molecule has 88 valence electrons. The van der Waals surface area contributed by atoms with E-state index in [9.17, 15) is 4.39 Å². The van der Waals surface area contributed by atoms with E-state index in [-0.39, 0.29) is 5.75 Å². The van der Waals surface area contributed by atoms with Crippen molar-refractivity contribution < 1.29 is 9.13 Å². The standard InChI is InChI=1S/C12H8BrClFNO/c13-7-1-4-11(9(14)5-7)17-12-6-8(15)2-3-10(12)16/h1-6H,16H2. The molecule has 0 unspecified atom stereocenters. The highest BCUT2D eigenvalue weighted by Crippen LogP contribution is 2.34. The van der Waals surface area contributed by atoms with Gasteiger partial charge in [-0.3, -0.25) is 0 Å². The first kappa shape index (κ1) is 12.2. The number of nitrogen functional groups attached to an aromatic ring is 1. The van der Waals surface area contributed by atoms with E-state index in [4.69, 9.17) is 22.1 Å². The number of ether oxygens (including phenoxy) is 1. The summed E-state index contributed by atoms with van der Waals surface area (Å²) >= 11 is 9.27. The van der Waals surface area contributed by atoms with Crippen LogP contribution in [0, 0.1) is 5.82 Å². The molecule has 17 heavy (non-hydrogen) atoms. The Kier molecular flexibility index (Phi) is 3.54. The summed E-state index contributed by atoms with van der Waals surface area (Å²) in [5.74, 6) is 0.254. The molecule has 2 rings (SSSR count). The minimum atomic E-state index is -0.414. The summed E-state index contributed by atoms with van der Waals surface area (Å²) in [6, 6.07) is 9.07. The fourth-order valence-electron chi connectivity index (χ4n) is 1.27. The van der Waals surface area contributed by atoms with E-state index >= 15 is 0 Å². The lowest BCUT2D eigenvalue weighted by atomic mass is 10.3. The lowest BCUT2D eigenvalue weighted by Crippen LogP contribution is -1.93. The van der Waals surface area contributed by atoms with Gasteiger partial charge in [0.2, 0.25) is 0 Å². The highest BCUT2D eigenvalue weighted by molar-refractivity contribution is 9.10. The van der Waals surface area contributed by atoms with Gasteiger partial charge in [-0.25, -0.2) is 4.39 Å². The molecule has 2 N–H and O–H groups in total. The Balaban J connectivity index is 2.34. The molecule has 0 saturated heterocycles. The maximum absolute atomic E-state index is 13.0. The number of hydrogen-bond acceptors (Lipinski definition) is 2. The zero-order valence-electron chi connectivity index (χ0n) is 8.58. The smallest absolute Gasteiger partial charge is 0.153 e. The molecule has 0 atom stereocenters. The molecule has 0 radical (unpaired) electrons. The first-order valence-electron chi connectivity index (χ1n) is 4.74. The topological polar surface area (TPSA) is 35.2 Å². The molecule has 0 saturated carbocycles. The van der Waals surface area contributed by atoms with Gasteiger partial charge >= 0.3 is 0 Å². The van der Waals surface area contributed by atoms with Crippen molar-refractivity contribution >= 4 is 33.2 Å². The van der Waals surface area contributed by atoms with E-state index in [0.717, 1.165) is 4.47 Å². The number of benzene rings is 2. The minimum absolute atomic E-state index is 0.245. The number of rotatable bonds is 2. The normalized spacial score (nSPS) is 10.3. The molecule has 2 aromatic rings. The molecule has 0 aromatic heterocycles. The molecule has 0 aliphatic carbocycles. The molecule has 0 amide bonds. The Morgan fingerprint density at radius 2 is 1.88 bits per heavy atom. The van der Waals surface area contributed by atoms with Crippen LogP contribution in [-0.2, 0) is 0 Å². The second kappa shape index (κ2) is 4.94. The van der Waals surface area contributed by atoms with Gasteiger partial charge in [0.1, 0.15) is 11.6 Å². The minimum Gasteiger partial charge on any atom is -0.454 e. The van der Waals surface area contributed by atoms with E-state index in [1.54, 1.807) is 18.2 Å². The molecular formula is C12H8BrClFNO. The highest BCUT2D eigenvalue weighted by atomic mass is 79.9. The van der Waals surface area contributed by atoms with Gasteiger partial charge in [-0.2, -0.15) is 0 Å². The summed E-state index contributed by atoms with van der Waals surface area (Å²) in [6.45, 7) is 0. The van der Waals surface area contributed by atoms with Crippen molar-refractivity contribution in [2.45, 2.75) is 0 Å². The largest absolute Gasteiger partial charge is 0.454 e. The third-order valence-corrected chi connectivity index (χ3v) is 2.88. The molecule has 0 heterocycles. The Labute approximate surface area is 111 Å². The predicted octanol–water partition coefficient (Wildman–Crippen LogP) is 4.62. The summed E-state index contributed by atoms with van der Waals surface area (Å²) in [5, 5.41) is 0.419. The van der Waals surface area contributed by atoms with Crippen molar-refractivity contribution in [3.05, 3.63) is 51.7 Å². The van der Waals surface area contributed by atoms with Crippen LogP contribution in [0.5, 0.6) is 11.5 Å². The summed E-state index contributed by atoms with van der Waals surface area (Å²) in [7, 11) is 0. The quantitative estimate of drug-likeness (QED) is 0.821. The highest BCUT2D eigenvalue weighted by Gasteiger charge is 2.07. The zero-order valence-corrected chi connectivity index (χ0v) is 10.9. The fraction of sp³-hybridized carbons (Fsp3) is 0. The molecule has 0 spiro atoms. The Morgan fingerprint density at radius 3 is 2.59 bits per heavy atom. The molecule has 0 fully saturated rings. The SMILES string of the molecule is Nc1ccc(F)cc1Oc1ccc(Br)cc1Cl. The van der Waals surface area contributed by atoms with E-state index < -0.39 is 5.82 Å². The molecule has 0 bridgehead atoms. The Morgan fingerprint density at radius 1 is 1.12 bits per heavy atom. The first-order chi connectivity index (χ1) is 8.06. The van der Waals surface area contributed by atoms with Crippen LogP contribution in [0.25, 0.3) is 0 Å². The number of anilines is 1. The van der Waals surface area contributed by atoms with Crippen molar-refractivity contribution in [1.82, 2.24) is 0 Å². The first-order valence-corrected chi connectivity index (χ1v) is 5.91. The summed E-state index contributed by atoms with van der Waals surface area (Å²) in [5.41, 5.74) is 6.03. The van der Waals surface area contributed by atoms with Crippen molar-refractivity contribution in [2.24, 2.45) is 0 Å². The summed E-state index contributed by atoms with van der Waals surface area (Å²) in [4.78, 5) is 0. The van der Waals surface area contributed by atoms with Crippen LogP contribution in [0.15, 0.2) is 40.9 Å². The second-order valence-corrected chi connectivity index (χ2v) is 4.68. The van der Waals surface area contributed by atoms with Crippen LogP contribution < -0.4 is 10.5 Å². The van der Waals surface area contributed by atoms with Crippen LogP contribution in [0.1, 0.15) is 0 Å². The summed E-state index contributed by atoms with van der Waals surface area (Å²) < 4.78 is 19.3. The lowest BCUT2D eigenvalue weighted by Gasteiger charge is -2.10. The third-order valence-electron chi connectivity index (χ3n) is 2.09. The van der Waals surface area contributed by atoms with Gasteiger partial charge in [0, 0.05) is 10.5 Å². The monoisotopic (exact) mass is 315 g/mol. The maximum atomic E-state index is 13.0. The molecule has 5 heteroatoms. The zero-order chi connectivity index (χ0) is 12.4. The van der Waals surface area contributed by atoms with Gasteiger partial charge in [-0.1, -0.05) is 27.5 Å². The van der Waals surface area contributed by atoms with Gasteiger partial charge in [0.25, 0.3) is 0 Å². The van der Waals surface area contributed by atoms with Crippen molar-refractivity contribution in [3.63, 3.8) is 0 Å². The predicted molar refractivity (Wildman–Crippen MR) is 70.0 cm³/mol. The lowest BCUT2D eigenvalue weighted by molar-refractivity contribution is 0.479. The number of hydrogen-bond donors (Lipinski definition) is 1. The van der Waals surface area contributed by atoms with E-state index in [1.165, 1.54) is 18.2 Å². The number of nitrogens with two attached hydrogens (primary N) is 1. The number of halogens is 3. The van der Waals surface area contributed by atoms with Gasteiger partial charge in [-0.15, -0.1) is 0 Å². The van der Waals surface area contributed by atoms with Crippen LogP contribution in [0.3, 0.4) is 0 Å². The summed E-state index contributed by atoms with van der Waals surface area (Å²) in [6.07, 6.45) is 0. The molecule has 0 aliphatic heterocycles. The van der Waals surface area contributed by atoms with Crippen LogP contribution in [0.2, 0.25) is 5.02 Å². The Bertz CT molecular complexity index is 562. The van der Waals surface area contributed by atoms with E-state index in [1.807, 2.05) is 0 Å². The molecule has 0 aliphatic rings. The molecular weight excluding hydrogens is 308 g/mol. The Hall–Kier alpha value is -1.26.